The summed E-state index contributed by atoms with van der Waals surface area (Å²) in [6.45, 7) is 3.03. The van der Waals surface area contributed by atoms with E-state index >= 15 is 0 Å². The average Bonchev–Trinajstić information content (AvgIpc) is 2.90. The fourth-order valence-corrected chi connectivity index (χ4v) is 4.32. The van der Waals surface area contributed by atoms with Crippen molar-refractivity contribution in [3.63, 3.8) is 0 Å². The van der Waals surface area contributed by atoms with Gasteiger partial charge in [-0.3, -0.25) is 4.79 Å². The molecule has 1 atom stereocenters. The number of imidazole rings is 1. The quantitative estimate of drug-likeness (QED) is 0.818. The van der Waals surface area contributed by atoms with E-state index < -0.39 is 9.84 Å². The van der Waals surface area contributed by atoms with Crippen LogP contribution in [-0.4, -0.2) is 47.6 Å². The van der Waals surface area contributed by atoms with E-state index in [1.54, 1.807) is 4.57 Å². The molecule has 1 fully saturated rings. The Kier molecular flexibility index (Phi) is 5.13. The maximum atomic E-state index is 12.9. The van der Waals surface area contributed by atoms with Crippen molar-refractivity contribution in [2.24, 2.45) is 0 Å². The molecule has 2 aromatic rings. The Morgan fingerprint density at radius 3 is 2.76 bits per heavy atom. The van der Waals surface area contributed by atoms with Crippen LogP contribution in [0.25, 0.3) is 11.0 Å². The number of rotatable bonds is 5. The molecule has 1 amide bonds. The van der Waals surface area contributed by atoms with E-state index in [-0.39, 0.29) is 24.2 Å². The van der Waals surface area contributed by atoms with E-state index in [0.717, 1.165) is 43.3 Å². The van der Waals surface area contributed by atoms with Crippen LogP contribution in [0.4, 0.5) is 0 Å². The van der Waals surface area contributed by atoms with E-state index in [1.807, 2.05) is 29.2 Å². The molecule has 136 valence electrons. The number of likely N-dealkylation sites (tertiary alicyclic amines) is 1. The summed E-state index contributed by atoms with van der Waals surface area (Å²) in [5, 5.41) is 0. The average molecular weight is 363 g/mol. The zero-order valence-electron chi connectivity index (χ0n) is 14.8. The summed E-state index contributed by atoms with van der Waals surface area (Å²) in [4.78, 5) is 19.3. The third-order valence-electron chi connectivity index (χ3n) is 4.84. The Balaban J connectivity index is 1.93. The monoisotopic (exact) mass is 363 g/mol. The van der Waals surface area contributed by atoms with Gasteiger partial charge < -0.3 is 9.47 Å². The molecular weight excluding hydrogens is 338 g/mol. The Morgan fingerprint density at radius 2 is 2.04 bits per heavy atom. The third-order valence-corrected chi connectivity index (χ3v) is 5.62. The Labute approximate surface area is 148 Å². The largest absolute Gasteiger partial charge is 0.338 e. The SMILES string of the molecule is CCC1CCCCN1C(=O)Cn1c(CS(C)(=O)=O)nc2ccccc21. The lowest BCUT2D eigenvalue weighted by Gasteiger charge is -2.35. The molecule has 6 nitrogen and oxygen atoms in total. The summed E-state index contributed by atoms with van der Waals surface area (Å²) in [5.74, 6) is 0.318. The van der Waals surface area contributed by atoms with Gasteiger partial charge in [0.25, 0.3) is 0 Å². The number of sulfone groups is 1. The fourth-order valence-electron chi connectivity index (χ4n) is 3.63. The molecule has 1 aliphatic rings. The lowest BCUT2D eigenvalue weighted by molar-refractivity contribution is -0.135. The van der Waals surface area contributed by atoms with Crippen LogP contribution >= 0.6 is 0 Å². The van der Waals surface area contributed by atoms with Gasteiger partial charge in [0.15, 0.2) is 9.84 Å². The van der Waals surface area contributed by atoms with E-state index in [4.69, 9.17) is 0 Å². The first-order valence-corrected chi connectivity index (χ1v) is 10.9. The molecule has 0 spiro atoms. The number of amides is 1. The number of hydrogen-bond donors (Lipinski definition) is 0. The highest BCUT2D eigenvalue weighted by Crippen LogP contribution is 2.22. The van der Waals surface area contributed by atoms with Gasteiger partial charge in [-0.05, 0) is 37.8 Å². The first-order chi connectivity index (χ1) is 11.9. The molecule has 7 heteroatoms. The van der Waals surface area contributed by atoms with Gasteiger partial charge in [0.05, 0.1) is 11.0 Å². The van der Waals surface area contributed by atoms with Crippen LogP contribution < -0.4 is 0 Å². The van der Waals surface area contributed by atoms with Crippen molar-refractivity contribution in [3.8, 4) is 0 Å². The Hall–Kier alpha value is -1.89. The Morgan fingerprint density at radius 1 is 1.28 bits per heavy atom. The number of aromatic nitrogens is 2. The highest BCUT2D eigenvalue weighted by atomic mass is 32.2. The van der Waals surface area contributed by atoms with Gasteiger partial charge in [-0.25, -0.2) is 13.4 Å². The van der Waals surface area contributed by atoms with Gasteiger partial charge in [0.2, 0.25) is 5.91 Å². The van der Waals surface area contributed by atoms with E-state index in [9.17, 15) is 13.2 Å². The topological polar surface area (TPSA) is 72.3 Å². The molecule has 1 unspecified atom stereocenters. The molecule has 0 saturated carbocycles. The number of piperidine rings is 1. The fraction of sp³-hybridized carbons (Fsp3) is 0.556. The number of hydrogen-bond acceptors (Lipinski definition) is 4. The summed E-state index contributed by atoms with van der Waals surface area (Å²) in [6, 6.07) is 7.76. The van der Waals surface area contributed by atoms with Gasteiger partial charge in [0, 0.05) is 18.8 Å². The van der Waals surface area contributed by atoms with Crippen molar-refractivity contribution in [1.82, 2.24) is 14.5 Å². The highest BCUT2D eigenvalue weighted by molar-refractivity contribution is 7.89. The summed E-state index contributed by atoms with van der Waals surface area (Å²) < 4.78 is 25.3. The van der Waals surface area contributed by atoms with Crippen LogP contribution in [0.1, 0.15) is 38.4 Å². The maximum absolute atomic E-state index is 12.9. The van der Waals surface area contributed by atoms with Crippen molar-refractivity contribution in [1.29, 1.82) is 0 Å². The minimum Gasteiger partial charge on any atom is -0.338 e. The predicted octanol–water partition coefficient (Wildman–Crippen LogP) is 2.37. The molecule has 0 N–H and O–H groups in total. The van der Waals surface area contributed by atoms with Crippen LogP contribution in [0.5, 0.6) is 0 Å². The number of fused-ring (bicyclic) bond motifs is 1. The van der Waals surface area contributed by atoms with Crippen LogP contribution in [-0.2, 0) is 26.9 Å². The predicted molar refractivity (Wildman–Crippen MR) is 97.9 cm³/mol. The molecule has 3 rings (SSSR count). The lowest BCUT2D eigenvalue weighted by Crippen LogP contribution is -2.45. The molecule has 0 radical (unpaired) electrons. The first kappa shape index (κ1) is 17.9. The molecule has 2 heterocycles. The molecule has 1 aromatic heterocycles. The number of para-hydroxylation sites is 2. The molecule has 25 heavy (non-hydrogen) atoms. The number of benzene rings is 1. The minimum atomic E-state index is -3.23. The van der Waals surface area contributed by atoms with E-state index in [2.05, 4.69) is 11.9 Å². The second kappa shape index (κ2) is 7.15. The number of carbonyl (C=O) groups is 1. The minimum absolute atomic E-state index is 0.0458. The highest BCUT2D eigenvalue weighted by Gasteiger charge is 2.26. The lowest BCUT2D eigenvalue weighted by atomic mass is 10.00. The van der Waals surface area contributed by atoms with Crippen LogP contribution in [0.15, 0.2) is 24.3 Å². The van der Waals surface area contributed by atoms with Crippen LogP contribution in [0, 0.1) is 0 Å². The van der Waals surface area contributed by atoms with Crippen molar-refractivity contribution < 1.29 is 13.2 Å². The number of nitrogens with zero attached hydrogens (tertiary/aromatic N) is 3. The zero-order chi connectivity index (χ0) is 18.0. The molecule has 1 aromatic carbocycles. The van der Waals surface area contributed by atoms with E-state index in [1.165, 1.54) is 6.26 Å². The zero-order valence-corrected chi connectivity index (χ0v) is 15.6. The molecule has 0 aliphatic carbocycles. The van der Waals surface area contributed by atoms with Crippen molar-refractivity contribution in [3.05, 3.63) is 30.1 Å². The smallest absolute Gasteiger partial charge is 0.242 e. The van der Waals surface area contributed by atoms with Gasteiger partial charge in [0.1, 0.15) is 18.1 Å². The van der Waals surface area contributed by atoms with Gasteiger partial charge in [-0.2, -0.15) is 0 Å². The molecule has 1 saturated heterocycles. The second-order valence-electron chi connectivity index (χ2n) is 6.82. The first-order valence-electron chi connectivity index (χ1n) is 8.80. The molecule has 0 bridgehead atoms. The third kappa shape index (κ3) is 4.03. The summed E-state index contributed by atoms with van der Waals surface area (Å²) in [7, 11) is -3.23. The Bertz CT molecular complexity index is 873. The second-order valence-corrected chi connectivity index (χ2v) is 8.96. The summed E-state index contributed by atoms with van der Waals surface area (Å²) >= 11 is 0. The van der Waals surface area contributed by atoms with E-state index in [0.29, 0.717) is 5.82 Å². The number of carbonyl (C=O) groups excluding carboxylic acids is 1. The van der Waals surface area contributed by atoms with Crippen LogP contribution in [0.3, 0.4) is 0 Å². The van der Waals surface area contributed by atoms with Gasteiger partial charge >= 0.3 is 0 Å². The summed E-state index contributed by atoms with van der Waals surface area (Å²) in [6.07, 6.45) is 5.38. The maximum Gasteiger partial charge on any atom is 0.242 e. The molecule has 1 aliphatic heterocycles. The van der Waals surface area contributed by atoms with Crippen molar-refractivity contribution in [2.45, 2.75) is 50.9 Å². The van der Waals surface area contributed by atoms with Gasteiger partial charge in [-0.1, -0.05) is 19.1 Å². The normalized spacial score (nSPS) is 18.6. The van der Waals surface area contributed by atoms with Crippen molar-refractivity contribution >= 4 is 26.8 Å². The molecular formula is C18H25N3O3S. The van der Waals surface area contributed by atoms with Gasteiger partial charge in [-0.15, -0.1) is 0 Å². The van der Waals surface area contributed by atoms with Crippen LogP contribution in [0.2, 0.25) is 0 Å². The standard InChI is InChI=1S/C18H25N3O3S/c1-3-14-8-6-7-11-20(14)18(22)12-21-16-10-5-4-9-15(16)19-17(21)13-25(2,23)24/h4-5,9-10,14H,3,6-8,11-13H2,1-2H3. The van der Waals surface area contributed by atoms with Crippen molar-refractivity contribution in [2.75, 3.05) is 12.8 Å². The summed E-state index contributed by atoms with van der Waals surface area (Å²) in [5.41, 5.74) is 1.53.